The Kier molecular flexibility index (Phi) is 7.77. The van der Waals surface area contributed by atoms with Gasteiger partial charge in [0.2, 0.25) is 10.0 Å². The van der Waals surface area contributed by atoms with E-state index in [1.165, 1.54) is 4.31 Å². The fourth-order valence-electron chi connectivity index (χ4n) is 3.11. The minimum atomic E-state index is -3.52. The second-order valence-corrected chi connectivity index (χ2v) is 9.55. The van der Waals surface area contributed by atoms with Crippen LogP contribution in [0.15, 0.2) is 72.8 Å². The lowest BCUT2D eigenvalue weighted by molar-refractivity contribution is 0.0951. The Bertz CT molecular complexity index is 1160. The lowest BCUT2D eigenvalue weighted by Gasteiger charge is -2.22. The summed E-state index contributed by atoms with van der Waals surface area (Å²) in [6.07, 6.45) is 1.15. The monoisotopic (exact) mass is 472 g/mol. The molecule has 6 nitrogen and oxygen atoms in total. The van der Waals surface area contributed by atoms with Crippen molar-refractivity contribution in [1.29, 1.82) is 0 Å². The number of hydrogen-bond acceptors (Lipinski definition) is 4. The Morgan fingerprint density at radius 3 is 2.25 bits per heavy atom. The van der Waals surface area contributed by atoms with Gasteiger partial charge in [0.05, 0.1) is 25.1 Å². The van der Waals surface area contributed by atoms with Gasteiger partial charge >= 0.3 is 0 Å². The van der Waals surface area contributed by atoms with E-state index in [0.29, 0.717) is 29.4 Å². The first-order valence-electron chi connectivity index (χ1n) is 10.1. The summed E-state index contributed by atoms with van der Waals surface area (Å²) in [5.74, 6) is 0.583. The van der Waals surface area contributed by atoms with Gasteiger partial charge in [-0.1, -0.05) is 41.9 Å². The van der Waals surface area contributed by atoms with E-state index >= 15 is 0 Å². The van der Waals surface area contributed by atoms with E-state index in [9.17, 15) is 13.2 Å². The number of ether oxygens (including phenoxy) is 1. The fraction of sp³-hybridized carbons (Fsp3) is 0.208. The predicted octanol–water partition coefficient (Wildman–Crippen LogP) is 4.63. The Morgan fingerprint density at radius 2 is 1.66 bits per heavy atom. The molecule has 3 aromatic carbocycles. The number of hydrogen-bond donors (Lipinski definition) is 1. The van der Waals surface area contributed by atoms with E-state index in [1.54, 1.807) is 48.5 Å². The van der Waals surface area contributed by atoms with Crippen LogP contribution in [0.2, 0.25) is 5.02 Å². The summed E-state index contributed by atoms with van der Waals surface area (Å²) < 4.78 is 31.3. The van der Waals surface area contributed by atoms with Crippen molar-refractivity contribution in [2.24, 2.45) is 0 Å². The van der Waals surface area contributed by atoms with Crippen molar-refractivity contribution in [3.63, 3.8) is 0 Å². The maximum Gasteiger partial charge on any atom is 0.251 e. The number of halogens is 1. The van der Waals surface area contributed by atoms with Crippen LogP contribution in [0.5, 0.6) is 5.75 Å². The van der Waals surface area contributed by atoms with Crippen molar-refractivity contribution in [2.75, 3.05) is 17.2 Å². The Hall–Kier alpha value is -3.03. The Morgan fingerprint density at radius 1 is 1.00 bits per heavy atom. The molecule has 0 radical (unpaired) electrons. The molecular formula is C24H25ClN2O4S. The zero-order chi connectivity index (χ0) is 23.1. The number of nitrogens with one attached hydrogen (secondary N) is 1. The number of amides is 1. The average molecular weight is 473 g/mol. The summed E-state index contributed by atoms with van der Waals surface area (Å²) in [7, 11) is -3.52. The molecule has 8 heteroatoms. The molecule has 0 aliphatic carbocycles. The largest absolute Gasteiger partial charge is 0.494 e. The molecule has 0 atom stereocenters. The lowest BCUT2D eigenvalue weighted by atomic mass is 10.1. The topological polar surface area (TPSA) is 75.7 Å². The molecule has 0 saturated heterocycles. The SMILES string of the molecule is CCOc1ccc(CNC(=O)c2ccc(CN(c3cccc(Cl)c3)S(C)(=O)=O)cc2)cc1. The van der Waals surface area contributed by atoms with Gasteiger partial charge in [0.25, 0.3) is 5.91 Å². The zero-order valence-electron chi connectivity index (χ0n) is 17.9. The molecule has 0 aliphatic rings. The van der Waals surface area contributed by atoms with E-state index in [0.717, 1.165) is 23.1 Å². The first-order chi connectivity index (χ1) is 15.3. The molecule has 3 aromatic rings. The number of rotatable bonds is 9. The molecule has 0 fully saturated rings. The van der Waals surface area contributed by atoms with Crippen LogP contribution in [0.1, 0.15) is 28.4 Å². The highest BCUT2D eigenvalue weighted by molar-refractivity contribution is 7.92. The second-order valence-electron chi connectivity index (χ2n) is 7.21. The third-order valence-corrected chi connectivity index (χ3v) is 6.10. The molecule has 1 N–H and O–H groups in total. The molecule has 0 spiro atoms. The number of sulfonamides is 1. The standard InChI is InChI=1S/C24H25ClN2O4S/c1-3-31-23-13-9-18(10-14-23)16-26-24(28)20-11-7-19(8-12-20)17-27(32(2,29)30)22-6-4-5-21(25)15-22/h4-15H,3,16-17H2,1-2H3,(H,26,28). The summed E-state index contributed by atoms with van der Waals surface area (Å²) >= 11 is 6.02. The minimum Gasteiger partial charge on any atom is -0.494 e. The van der Waals surface area contributed by atoms with Crippen LogP contribution < -0.4 is 14.4 Å². The molecule has 168 valence electrons. The summed E-state index contributed by atoms with van der Waals surface area (Å²) in [6.45, 7) is 3.05. The second kappa shape index (κ2) is 10.5. The van der Waals surface area contributed by atoms with Gasteiger partial charge in [-0.15, -0.1) is 0 Å². The van der Waals surface area contributed by atoms with E-state index < -0.39 is 10.0 Å². The van der Waals surface area contributed by atoms with Crippen molar-refractivity contribution in [1.82, 2.24) is 5.32 Å². The van der Waals surface area contributed by atoms with Gasteiger partial charge < -0.3 is 10.1 Å². The van der Waals surface area contributed by atoms with Crippen LogP contribution in [0.25, 0.3) is 0 Å². The summed E-state index contributed by atoms with van der Waals surface area (Å²) in [4.78, 5) is 12.5. The maximum absolute atomic E-state index is 12.5. The van der Waals surface area contributed by atoms with E-state index in [1.807, 2.05) is 31.2 Å². The smallest absolute Gasteiger partial charge is 0.251 e. The van der Waals surface area contributed by atoms with Gasteiger partial charge in [0.1, 0.15) is 5.75 Å². The van der Waals surface area contributed by atoms with Crippen LogP contribution >= 0.6 is 11.6 Å². The van der Waals surface area contributed by atoms with Gasteiger partial charge in [-0.3, -0.25) is 9.10 Å². The van der Waals surface area contributed by atoms with Gasteiger partial charge in [-0.25, -0.2) is 8.42 Å². The van der Waals surface area contributed by atoms with Gasteiger partial charge in [0, 0.05) is 17.1 Å². The highest BCUT2D eigenvalue weighted by Crippen LogP contribution is 2.24. The first-order valence-corrected chi connectivity index (χ1v) is 12.3. The zero-order valence-corrected chi connectivity index (χ0v) is 19.5. The molecule has 0 saturated carbocycles. The molecule has 0 aromatic heterocycles. The van der Waals surface area contributed by atoms with Crippen molar-refractivity contribution in [3.8, 4) is 5.75 Å². The van der Waals surface area contributed by atoms with Crippen molar-refractivity contribution in [3.05, 3.63) is 94.5 Å². The third kappa shape index (κ3) is 6.48. The Balaban J connectivity index is 1.64. The molecule has 0 unspecified atom stereocenters. The van der Waals surface area contributed by atoms with E-state index in [-0.39, 0.29) is 12.5 Å². The number of carbonyl (C=O) groups is 1. The normalized spacial score (nSPS) is 11.1. The molecule has 1 amide bonds. The third-order valence-electron chi connectivity index (χ3n) is 4.73. The maximum atomic E-state index is 12.5. The highest BCUT2D eigenvalue weighted by atomic mass is 35.5. The van der Waals surface area contributed by atoms with Gasteiger partial charge in [-0.05, 0) is 60.5 Å². The Labute approximate surface area is 193 Å². The number of anilines is 1. The van der Waals surface area contributed by atoms with E-state index in [2.05, 4.69) is 5.32 Å². The molecule has 0 aliphatic heterocycles. The van der Waals surface area contributed by atoms with Crippen LogP contribution in [-0.4, -0.2) is 27.2 Å². The number of nitrogens with zero attached hydrogens (tertiary/aromatic N) is 1. The van der Waals surface area contributed by atoms with E-state index in [4.69, 9.17) is 16.3 Å². The van der Waals surface area contributed by atoms with Crippen molar-refractivity contribution in [2.45, 2.75) is 20.0 Å². The van der Waals surface area contributed by atoms with Crippen LogP contribution in [0.3, 0.4) is 0 Å². The average Bonchev–Trinajstić information content (AvgIpc) is 2.76. The summed E-state index contributed by atoms with van der Waals surface area (Å²) in [6, 6.07) is 21.1. The fourth-order valence-corrected chi connectivity index (χ4v) is 4.18. The predicted molar refractivity (Wildman–Crippen MR) is 128 cm³/mol. The minimum absolute atomic E-state index is 0.132. The number of carbonyl (C=O) groups excluding carboxylic acids is 1. The molecular weight excluding hydrogens is 448 g/mol. The van der Waals surface area contributed by atoms with Crippen molar-refractivity contribution < 1.29 is 17.9 Å². The highest BCUT2D eigenvalue weighted by Gasteiger charge is 2.18. The molecule has 32 heavy (non-hydrogen) atoms. The van der Waals surface area contributed by atoms with Crippen molar-refractivity contribution >= 4 is 33.2 Å². The van der Waals surface area contributed by atoms with Crippen LogP contribution in [-0.2, 0) is 23.1 Å². The quantitative estimate of drug-likeness (QED) is 0.492. The summed E-state index contributed by atoms with van der Waals surface area (Å²) in [5, 5.41) is 3.34. The number of benzene rings is 3. The van der Waals surface area contributed by atoms with Gasteiger partial charge in [-0.2, -0.15) is 0 Å². The molecule has 3 rings (SSSR count). The molecule has 0 heterocycles. The van der Waals surface area contributed by atoms with Crippen LogP contribution in [0, 0.1) is 0 Å². The first kappa shape index (κ1) is 23.6. The van der Waals surface area contributed by atoms with Gasteiger partial charge in [0.15, 0.2) is 0 Å². The lowest BCUT2D eigenvalue weighted by Crippen LogP contribution is -2.29. The summed E-state index contributed by atoms with van der Waals surface area (Å²) in [5.41, 5.74) is 2.69. The van der Waals surface area contributed by atoms with Crippen LogP contribution in [0.4, 0.5) is 5.69 Å². The molecule has 0 bridgehead atoms.